The first kappa shape index (κ1) is 27.9. The lowest BCUT2D eigenvalue weighted by molar-refractivity contribution is -0.169. The summed E-state index contributed by atoms with van der Waals surface area (Å²) in [5.74, 6) is 0.527. The van der Waals surface area contributed by atoms with E-state index in [-0.39, 0.29) is 11.9 Å². The number of hydrogen-bond acceptors (Lipinski definition) is 4. The molecule has 0 aromatic heterocycles. The largest absolute Gasteiger partial charge is 0.492 e. The van der Waals surface area contributed by atoms with Crippen LogP contribution in [0.15, 0.2) is 78.9 Å². The molecule has 0 radical (unpaired) electrons. The molecule has 2 atom stereocenters. The Morgan fingerprint density at radius 1 is 0.868 bits per heavy atom. The van der Waals surface area contributed by atoms with E-state index in [2.05, 4.69) is 79.4 Å². The van der Waals surface area contributed by atoms with Gasteiger partial charge in [-0.05, 0) is 77.7 Å². The van der Waals surface area contributed by atoms with Gasteiger partial charge in [-0.25, -0.2) is 0 Å². The first-order chi connectivity index (χ1) is 18.2. The lowest BCUT2D eigenvalue weighted by Crippen LogP contribution is -2.42. The predicted octanol–water partition coefficient (Wildman–Crippen LogP) is 7.50. The van der Waals surface area contributed by atoms with Gasteiger partial charge in [0.2, 0.25) is 0 Å². The smallest absolute Gasteiger partial charge is 0.312 e. The molecule has 3 aromatic carbocycles. The monoisotopic (exact) mass is 513 g/mol. The van der Waals surface area contributed by atoms with Gasteiger partial charge in [-0.3, -0.25) is 9.69 Å². The van der Waals surface area contributed by atoms with Gasteiger partial charge in [0.15, 0.2) is 5.60 Å². The number of carbonyl (C=O) groups excluding carboxylic acids is 1. The van der Waals surface area contributed by atoms with Crippen molar-refractivity contribution >= 4 is 5.97 Å². The summed E-state index contributed by atoms with van der Waals surface area (Å²) >= 11 is 0. The van der Waals surface area contributed by atoms with Crippen LogP contribution in [0.25, 0.3) is 0 Å². The van der Waals surface area contributed by atoms with E-state index in [9.17, 15) is 4.79 Å². The van der Waals surface area contributed by atoms with Crippen LogP contribution in [0.1, 0.15) is 75.1 Å². The van der Waals surface area contributed by atoms with E-state index in [1.54, 1.807) is 0 Å². The highest BCUT2D eigenvalue weighted by atomic mass is 16.6. The molecular weight excluding hydrogens is 470 g/mol. The van der Waals surface area contributed by atoms with E-state index in [0.717, 1.165) is 35.4 Å². The van der Waals surface area contributed by atoms with Crippen molar-refractivity contribution in [3.63, 3.8) is 0 Å². The molecule has 3 aromatic rings. The van der Waals surface area contributed by atoms with Gasteiger partial charge in [0.1, 0.15) is 12.4 Å². The molecule has 38 heavy (non-hydrogen) atoms. The van der Waals surface area contributed by atoms with Crippen LogP contribution in [0, 0.1) is 12.3 Å². The van der Waals surface area contributed by atoms with Crippen LogP contribution < -0.4 is 4.74 Å². The molecule has 1 heterocycles. The second-order valence-electron chi connectivity index (χ2n) is 11.5. The zero-order chi connectivity index (χ0) is 27.2. The van der Waals surface area contributed by atoms with Gasteiger partial charge < -0.3 is 9.47 Å². The van der Waals surface area contributed by atoms with Crippen molar-refractivity contribution in [1.29, 1.82) is 0 Å². The van der Waals surface area contributed by atoms with Crippen LogP contribution in [-0.4, -0.2) is 37.1 Å². The number of aryl methyl sites for hydroxylation is 1. The van der Waals surface area contributed by atoms with Gasteiger partial charge in [-0.1, -0.05) is 79.2 Å². The molecule has 0 saturated carbocycles. The van der Waals surface area contributed by atoms with Gasteiger partial charge >= 0.3 is 5.97 Å². The summed E-state index contributed by atoms with van der Waals surface area (Å²) in [7, 11) is 0. The Bertz CT molecular complexity index is 1160. The van der Waals surface area contributed by atoms with Crippen LogP contribution in [0.2, 0.25) is 0 Å². The Labute approximate surface area is 229 Å². The lowest BCUT2D eigenvalue weighted by atomic mass is 9.71. The number of hydrogen-bond donors (Lipinski definition) is 0. The molecule has 4 heteroatoms. The number of likely N-dealkylation sites (tertiary alicyclic amines) is 1. The van der Waals surface area contributed by atoms with Gasteiger partial charge in [0, 0.05) is 23.6 Å². The fourth-order valence-electron chi connectivity index (χ4n) is 5.40. The predicted molar refractivity (Wildman–Crippen MR) is 155 cm³/mol. The number of carbonyl (C=O) groups is 1. The first-order valence-electron chi connectivity index (χ1n) is 14.0. The third-order valence-corrected chi connectivity index (χ3v) is 7.61. The summed E-state index contributed by atoms with van der Waals surface area (Å²) in [5.41, 5.74) is 2.58. The summed E-state index contributed by atoms with van der Waals surface area (Å²) in [6.07, 6.45) is 3.36. The minimum atomic E-state index is -0.998. The van der Waals surface area contributed by atoms with Crippen molar-refractivity contribution < 1.29 is 14.3 Å². The van der Waals surface area contributed by atoms with Gasteiger partial charge in [0.25, 0.3) is 0 Å². The molecule has 0 N–H and O–H groups in total. The Kier molecular flexibility index (Phi) is 8.94. The summed E-state index contributed by atoms with van der Waals surface area (Å²) in [6.45, 7) is 13.9. The molecule has 1 saturated heterocycles. The number of benzene rings is 3. The average molecular weight is 514 g/mol. The zero-order valence-corrected chi connectivity index (χ0v) is 23.7. The normalized spacial score (nSPS) is 16.6. The van der Waals surface area contributed by atoms with E-state index in [1.807, 2.05) is 39.0 Å². The molecule has 4 rings (SSSR count). The van der Waals surface area contributed by atoms with Crippen LogP contribution in [0.5, 0.6) is 5.75 Å². The highest BCUT2D eigenvalue weighted by Crippen LogP contribution is 2.49. The highest BCUT2D eigenvalue weighted by Gasteiger charge is 2.47. The van der Waals surface area contributed by atoms with Crippen molar-refractivity contribution in [3.05, 3.63) is 101 Å². The van der Waals surface area contributed by atoms with Crippen molar-refractivity contribution in [2.45, 2.75) is 65.4 Å². The molecular formula is C34H43NO3. The van der Waals surface area contributed by atoms with Gasteiger partial charge in [-0.15, -0.1) is 0 Å². The van der Waals surface area contributed by atoms with Crippen LogP contribution in [0.3, 0.4) is 0 Å². The lowest BCUT2D eigenvalue weighted by Gasteiger charge is -2.42. The third kappa shape index (κ3) is 6.30. The maximum absolute atomic E-state index is 13.6. The van der Waals surface area contributed by atoms with E-state index >= 15 is 0 Å². The average Bonchev–Trinajstić information content (AvgIpc) is 3.43. The van der Waals surface area contributed by atoms with E-state index in [1.165, 1.54) is 31.5 Å². The quantitative estimate of drug-likeness (QED) is 0.263. The van der Waals surface area contributed by atoms with Crippen molar-refractivity contribution in [2.75, 3.05) is 26.2 Å². The standard InChI is InChI=1S/C34H43NO3/c1-6-31(27-12-8-7-9-13-27)34(38-32(36)33(3,4)5,28-16-14-26(2)15-17-28)29-18-20-30(21-19-29)37-25-24-35-22-10-11-23-35/h7-9,12-21,31H,6,10-11,22-25H2,1-5H3/t31-,34-/m1/s1. The molecule has 1 aliphatic heterocycles. The minimum absolute atomic E-state index is 0.0837. The molecule has 4 nitrogen and oxygen atoms in total. The van der Waals surface area contributed by atoms with Crippen LogP contribution in [-0.2, 0) is 15.1 Å². The SMILES string of the molecule is CC[C@H](c1ccccc1)[C@@](OC(=O)C(C)(C)C)(c1ccc(C)cc1)c1ccc(OCCN2CCCC2)cc1. The minimum Gasteiger partial charge on any atom is -0.492 e. The van der Waals surface area contributed by atoms with Crippen LogP contribution >= 0.6 is 0 Å². The fraction of sp³-hybridized carbons (Fsp3) is 0.441. The van der Waals surface area contributed by atoms with Crippen molar-refractivity contribution in [3.8, 4) is 5.75 Å². The Hall–Kier alpha value is -3.11. The third-order valence-electron chi connectivity index (χ3n) is 7.61. The summed E-state index contributed by atoms with van der Waals surface area (Å²) in [4.78, 5) is 16.1. The zero-order valence-electron chi connectivity index (χ0n) is 23.7. The maximum atomic E-state index is 13.6. The molecule has 1 fully saturated rings. The first-order valence-corrected chi connectivity index (χ1v) is 14.0. The van der Waals surface area contributed by atoms with E-state index in [4.69, 9.17) is 9.47 Å². The Morgan fingerprint density at radius 2 is 1.45 bits per heavy atom. The topological polar surface area (TPSA) is 38.8 Å². The molecule has 202 valence electrons. The Balaban J connectivity index is 1.78. The van der Waals surface area contributed by atoms with Crippen molar-refractivity contribution in [1.82, 2.24) is 4.90 Å². The molecule has 0 amide bonds. The summed E-state index contributed by atoms with van der Waals surface area (Å²) in [6, 6.07) is 27.0. The number of esters is 1. The number of ether oxygens (including phenoxy) is 2. The summed E-state index contributed by atoms with van der Waals surface area (Å²) < 4.78 is 12.8. The van der Waals surface area contributed by atoms with E-state index in [0.29, 0.717) is 6.61 Å². The highest BCUT2D eigenvalue weighted by molar-refractivity contribution is 5.76. The number of nitrogens with zero attached hydrogens (tertiary/aromatic N) is 1. The Morgan fingerprint density at radius 3 is 2.00 bits per heavy atom. The van der Waals surface area contributed by atoms with E-state index < -0.39 is 11.0 Å². The van der Waals surface area contributed by atoms with Gasteiger partial charge in [0.05, 0.1) is 5.41 Å². The summed E-state index contributed by atoms with van der Waals surface area (Å²) in [5, 5.41) is 0. The fourth-order valence-corrected chi connectivity index (χ4v) is 5.40. The maximum Gasteiger partial charge on any atom is 0.312 e. The van der Waals surface area contributed by atoms with Crippen LogP contribution in [0.4, 0.5) is 0 Å². The van der Waals surface area contributed by atoms with Gasteiger partial charge in [-0.2, -0.15) is 0 Å². The molecule has 0 unspecified atom stereocenters. The number of rotatable bonds is 10. The molecule has 0 spiro atoms. The molecule has 1 aliphatic rings. The van der Waals surface area contributed by atoms with Crippen molar-refractivity contribution in [2.24, 2.45) is 5.41 Å². The molecule has 0 bridgehead atoms. The second-order valence-corrected chi connectivity index (χ2v) is 11.5. The molecule has 0 aliphatic carbocycles. The second kappa shape index (κ2) is 12.2.